The summed E-state index contributed by atoms with van der Waals surface area (Å²) in [5.41, 5.74) is 2.57. The Labute approximate surface area is 109 Å². The first kappa shape index (κ1) is 12.9. The van der Waals surface area contributed by atoms with Gasteiger partial charge in [0.2, 0.25) is 0 Å². The lowest BCUT2D eigenvalue weighted by molar-refractivity contribution is 0.202. The molecule has 0 radical (unpaired) electrons. The van der Waals surface area contributed by atoms with E-state index in [4.69, 9.17) is 16.3 Å². The molecule has 1 fully saturated rings. The molecule has 0 saturated heterocycles. The van der Waals surface area contributed by atoms with Crippen LogP contribution in [0.5, 0.6) is 0 Å². The molecule has 1 aromatic rings. The third kappa shape index (κ3) is 3.46. The minimum absolute atomic E-state index is 0.166. The Morgan fingerprint density at radius 1 is 1.29 bits per heavy atom. The number of halogens is 1. The van der Waals surface area contributed by atoms with Crippen molar-refractivity contribution in [3.63, 3.8) is 0 Å². The number of ether oxygens (including phenoxy) is 1. The van der Waals surface area contributed by atoms with Crippen molar-refractivity contribution in [3.05, 3.63) is 35.4 Å². The fourth-order valence-corrected chi connectivity index (χ4v) is 2.60. The predicted octanol–water partition coefficient (Wildman–Crippen LogP) is 4.20. The minimum atomic E-state index is 0.166. The first-order chi connectivity index (χ1) is 8.22. The summed E-state index contributed by atoms with van der Waals surface area (Å²) in [5, 5.41) is 0.166. The van der Waals surface area contributed by atoms with Gasteiger partial charge in [0.1, 0.15) is 0 Å². The van der Waals surface area contributed by atoms with E-state index in [-0.39, 0.29) is 5.38 Å². The monoisotopic (exact) mass is 252 g/mol. The minimum Gasteiger partial charge on any atom is -0.384 e. The van der Waals surface area contributed by atoms with Crippen LogP contribution in [0.1, 0.15) is 36.3 Å². The third-order valence-electron chi connectivity index (χ3n) is 3.72. The highest BCUT2D eigenvalue weighted by Crippen LogP contribution is 2.45. The maximum atomic E-state index is 6.52. The van der Waals surface area contributed by atoms with Gasteiger partial charge in [0.25, 0.3) is 0 Å². The van der Waals surface area contributed by atoms with Gasteiger partial charge in [-0.25, -0.2) is 0 Å². The van der Waals surface area contributed by atoms with E-state index < -0.39 is 0 Å². The van der Waals surface area contributed by atoms with E-state index in [0.29, 0.717) is 5.92 Å². The summed E-state index contributed by atoms with van der Waals surface area (Å²) in [6.45, 7) is 3.05. The molecule has 1 aromatic carbocycles. The maximum absolute atomic E-state index is 6.52. The van der Waals surface area contributed by atoms with E-state index in [2.05, 4.69) is 31.2 Å². The number of methoxy groups -OCH3 is 1. The molecule has 2 atom stereocenters. The van der Waals surface area contributed by atoms with Crippen molar-refractivity contribution in [2.45, 2.75) is 31.6 Å². The zero-order chi connectivity index (χ0) is 12.3. The van der Waals surface area contributed by atoms with Gasteiger partial charge in [-0.1, -0.05) is 31.2 Å². The number of benzene rings is 1. The molecule has 2 rings (SSSR count). The second-order valence-electron chi connectivity index (χ2n) is 5.08. The van der Waals surface area contributed by atoms with E-state index in [9.17, 15) is 0 Å². The molecule has 0 bridgehead atoms. The van der Waals surface area contributed by atoms with Crippen LogP contribution in [0.2, 0.25) is 0 Å². The Balaban J connectivity index is 1.96. The number of rotatable bonds is 6. The molecule has 1 saturated carbocycles. The Hall–Kier alpha value is -0.530. The molecule has 2 heteroatoms. The van der Waals surface area contributed by atoms with Crippen molar-refractivity contribution < 1.29 is 4.74 Å². The summed E-state index contributed by atoms with van der Waals surface area (Å²) in [4.78, 5) is 0. The molecule has 94 valence electrons. The summed E-state index contributed by atoms with van der Waals surface area (Å²) < 4.78 is 5.08. The molecule has 0 aliphatic heterocycles. The Kier molecular flexibility index (Phi) is 4.47. The van der Waals surface area contributed by atoms with Gasteiger partial charge in [-0.2, -0.15) is 0 Å². The summed E-state index contributed by atoms with van der Waals surface area (Å²) >= 11 is 6.52. The van der Waals surface area contributed by atoms with Crippen LogP contribution in [-0.2, 0) is 11.2 Å². The molecule has 0 aromatic heterocycles. The summed E-state index contributed by atoms with van der Waals surface area (Å²) in [6.07, 6.45) is 3.69. The molecule has 1 aliphatic carbocycles. The first-order valence-corrected chi connectivity index (χ1v) is 6.88. The topological polar surface area (TPSA) is 9.23 Å². The van der Waals surface area contributed by atoms with Crippen LogP contribution in [0.15, 0.2) is 24.3 Å². The molecule has 0 heterocycles. The van der Waals surface area contributed by atoms with Gasteiger partial charge in [-0.15, -0.1) is 11.6 Å². The van der Waals surface area contributed by atoms with Crippen molar-refractivity contribution in [2.75, 3.05) is 13.7 Å². The average molecular weight is 253 g/mol. The fraction of sp³-hybridized carbons (Fsp3) is 0.600. The van der Waals surface area contributed by atoms with E-state index in [1.165, 1.54) is 24.0 Å². The Morgan fingerprint density at radius 3 is 2.47 bits per heavy atom. The zero-order valence-corrected chi connectivity index (χ0v) is 11.4. The predicted molar refractivity (Wildman–Crippen MR) is 72.5 cm³/mol. The summed E-state index contributed by atoms with van der Waals surface area (Å²) in [5.74, 6) is 1.45. The van der Waals surface area contributed by atoms with Crippen LogP contribution >= 0.6 is 11.6 Å². The SMILES string of the molecule is COCCc1ccc(C(Cl)C(C)C2CC2)cc1. The summed E-state index contributed by atoms with van der Waals surface area (Å²) in [6, 6.07) is 8.68. The van der Waals surface area contributed by atoms with E-state index >= 15 is 0 Å². The van der Waals surface area contributed by atoms with Gasteiger partial charge in [-0.3, -0.25) is 0 Å². The highest BCUT2D eigenvalue weighted by molar-refractivity contribution is 6.21. The second kappa shape index (κ2) is 5.88. The molecule has 0 N–H and O–H groups in total. The highest BCUT2D eigenvalue weighted by Gasteiger charge is 2.32. The standard InChI is InChI=1S/C15H21ClO/c1-11(13-7-8-13)15(16)14-5-3-12(4-6-14)9-10-17-2/h3-6,11,13,15H,7-10H2,1-2H3. The van der Waals surface area contributed by atoms with Crippen molar-refractivity contribution >= 4 is 11.6 Å². The third-order valence-corrected chi connectivity index (χ3v) is 4.37. The molecule has 0 spiro atoms. The smallest absolute Gasteiger partial charge is 0.0613 e. The van der Waals surface area contributed by atoms with Crippen molar-refractivity contribution in [3.8, 4) is 0 Å². The molecular weight excluding hydrogens is 232 g/mol. The van der Waals surface area contributed by atoms with Gasteiger partial charge in [0, 0.05) is 7.11 Å². The number of hydrogen-bond donors (Lipinski definition) is 0. The lowest BCUT2D eigenvalue weighted by Gasteiger charge is -2.18. The first-order valence-electron chi connectivity index (χ1n) is 6.44. The average Bonchev–Trinajstić information content (AvgIpc) is 3.19. The van der Waals surface area contributed by atoms with Crippen LogP contribution in [0.4, 0.5) is 0 Å². The molecular formula is C15H21ClO. The van der Waals surface area contributed by atoms with Crippen LogP contribution in [0.25, 0.3) is 0 Å². The molecule has 17 heavy (non-hydrogen) atoms. The molecule has 0 amide bonds. The lowest BCUT2D eigenvalue weighted by atomic mass is 9.95. The van der Waals surface area contributed by atoms with Crippen LogP contribution in [-0.4, -0.2) is 13.7 Å². The Morgan fingerprint density at radius 2 is 1.94 bits per heavy atom. The summed E-state index contributed by atoms with van der Waals surface area (Å²) in [7, 11) is 1.74. The molecule has 1 aliphatic rings. The lowest BCUT2D eigenvalue weighted by Crippen LogP contribution is -2.06. The quantitative estimate of drug-likeness (QED) is 0.690. The van der Waals surface area contributed by atoms with Crippen LogP contribution < -0.4 is 0 Å². The molecule has 1 nitrogen and oxygen atoms in total. The fourth-order valence-electron chi connectivity index (χ4n) is 2.25. The second-order valence-corrected chi connectivity index (χ2v) is 5.55. The van der Waals surface area contributed by atoms with Gasteiger partial charge in [0.05, 0.1) is 12.0 Å². The van der Waals surface area contributed by atoms with Crippen molar-refractivity contribution in [2.24, 2.45) is 11.8 Å². The zero-order valence-electron chi connectivity index (χ0n) is 10.7. The van der Waals surface area contributed by atoms with Crippen molar-refractivity contribution in [1.82, 2.24) is 0 Å². The van der Waals surface area contributed by atoms with Crippen LogP contribution in [0.3, 0.4) is 0 Å². The van der Waals surface area contributed by atoms with Gasteiger partial charge in [-0.05, 0) is 42.2 Å². The van der Waals surface area contributed by atoms with E-state index in [1.807, 2.05) is 0 Å². The largest absolute Gasteiger partial charge is 0.384 e. The van der Waals surface area contributed by atoms with E-state index in [1.54, 1.807) is 7.11 Å². The van der Waals surface area contributed by atoms with Gasteiger partial charge in [0.15, 0.2) is 0 Å². The molecule has 2 unspecified atom stereocenters. The Bertz CT molecular complexity index is 342. The van der Waals surface area contributed by atoms with Gasteiger partial charge >= 0.3 is 0 Å². The number of hydrogen-bond acceptors (Lipinski definition) is 1. The normalized spacial score (nSPS) is 19.0. The van der Waals surface area contributed by atoms with E-state index in [0.717, 1.165) is 18.9 Å². The van der Waals surface area contributed by atoms with Crippen LogP contribution in [0, 0.1) is 11.8 Å². The number of alkyl halides is 1. The maximum Gasteiger partial charge on any atom is 0.0613 e. The van der Waals surface area contributed by atoms with Crippen molar-refractivity contribution in [1.29, 1.82) is 0 Å². The highest BCUT2D eigenvalue weighted by atomic mass is 35.5. The van der Waals surface area contributed by atoms with Gasteiger partial charge < -0.3 is 4.74 Å².